The van der Waals surface area contributed by atoms with E-state index in [0.717, 1.165) is 33.4 Å². The molecule has 0 radical (unpaired) electrons. The van der Waals surface area contributed by atoms with Gasteiger partial charge in [-0.2, -0.15) is 0 Å². The Morgan fingerprint density at radius 2 is 0.718 bits per heavy atom. The van der Waals surface area contributed by atoms with Gasteiger partial charge in [0.25, 0.3) is 0 Å². The maximum absolute atomic E-state index is 13.9. The molecule has 0 aliphatic heterocycles. The number of hydrogen-bond donors (Lipinski definition) is 2. The van der Waals surface area contributed by atoms with Crippen LogP contribution in [0, 0.1) is 13.8 Å². The van der Waals surface area contributed by atoms with E-state index in [1.165, 1.54) is 0 Å². The maximum atomic E-state index is 13.9. The van der Waals surface area contributed by atoms with Gasteiger partial charge >= 0.3 is 239 Å². The second-order valence-electron chi connectivity index (χ2n) is 15.8. The Balaban J connectivity index is 2.89. The second-order valence-corrected chi connectivity index (χ2v) is 19.2. The van der Waals surface area contributed by atoms with Crippen molar-refractivity contribution in [3.05, 3.63) is 88.0 Å². The third-order valence-corrected chi connectivity index (χ3v) is 11.8. The van der Waals surface area contributed by atoms with E-state index in [1.807, 2.05) is 30.3 Å². The van der Waals surface area contributed by atoms with Gasteiger partial charge in [-0.25, -0.2) is 0 Å². The Hall–Kier alpha value is -1.99. The summed E-state index contributed by atoms with van der Waals surface area (Å²) < 4.78 is 0. The van der Waals surface area contributed by atoms with Crippen LogP contribution >= 0.6 is 7.06 Å². The summed E-state index contributed by atoms with van der Waals surface area (Å²) in [5.74, 6) is 0. The van der Waals surface area contributed by atoms with Crippen molar-refractivity contribution in [1.29, 1.82) is 0 Å². The number of aryl methyl sites for hydroxylation is 2. The first kappa shape index (κ1) is 31.5. The fourth-order valence-electron chi connectivity index (χ4n) is 5.84. The average Bonchev–Trinajstić information content (AvgIpc) is 2.76. The van der Waals surface area contributed by atoms with Crippen LogP contribution < -0.4 is 15.9 Å². The van der Waals surface area contributed by atoms with Crippen LogP contribution in [-0.2, 0) is 21.7 Å². The van der Waals surface area contributed by atoms with Crippen molar-refractivity contribution in [3.63, 3.8) is 0 Å². The molecule has 0 bridgehead atoms. The zero-order valence-electron chi connectivity index (χ0n) is 27.0. The van der Waals surface area contributed by atoms with Crippen LogP contribution in [0.4, 0.5) is 0 Å². The molecular weight excluding hydrogens is 495 g/mol. The van der Waals surface area contributed by atoms with Crippen molar-refractivity contribution in [1.82, 2.24) is 0 Å². The van der Waals surface area contributed by atoms with Crippen molar-refractivity contribution in [2.45, 2.75) is 119 Å². The zero-order chi connectivity index (χ0) is 30.0. The number of hydrogen-bond acceptors (Lipinski definition) is 2. The van der Waals surface area contributed by atoms with Crippen LogP contribution in [0.15, 0.2) is 54.6 Å². The van der Waals surface area contributed by atoms with Gasteiger partial charge in [0, 0.05) is 0 Å². The standard InChI is InChI=1S/C36H53O2P/c1-24-20-27(33(3,4)5)31(28(21-24)34(6,7)8)39(37,38,26-18-16-15-17-19-26)32-29(35(9,10)11)22-25(2)23-30(32)36(12,13)14/h15-23,37-38H,1-14H3. The van der Waals surface area contributed by atoms with Crippen molar-refractivity contribution in [2.24, 2.45) is 0 Å². The summed E-state index contributed by atoms with van der Waals surface area (Å²) in [5.41, 5.74) is 4.99. The fraction of sp³-hybridized carbons (Fsp3) is 0.500. The van der Waals surface area contributed by atoms with E-state index in [-0.39, 0.29) is 21.7 Å². The summed E-state index contributed by atoms with van der Waals surface area (Å²) in [6, 6.07) is 18.4. The quantitative estimate of drug-likeness (QED) is 0.324. The molecule has 0 unspecified atom stereocenters. The Bertz CT molecular complexity index is 1210. The predicted molar refractivity (Wildman–Crippen MR) is 174 cm³/mol. The molecular formula is C36H53O2P. The molecule has 39 heavy (non-hydrogen) atoms. The van der Waals surface area contributed by atoms with Gasteiger partial charge in [0.2, 0.25) is 0 Å². The van der Waals surface area contributed by atoms with Gasteiger partial charge in [-0.1, -0.05) is 0 Å². The van der Waals surface area contributed by atoms with Crippen LogP contribution in [0.5, 0.6) is 0 Å². The van der Waals surface area contributed by atoms with Crippen molar-refractivity contribution >= 4 is 23.0 Å². The topological polar surface area (TPSA) is 40.5 Å². The molecule has 3 rings (SSSR count). The summed E-state index contributed by atoms with van der Waals surface area (Å²) in [5, 5.41) is 2.00. The number of rotatable bonds is 3. The number of benzene rings is 3. The van der Waals surface area contributed by atoms with Crippen LogP contribution in [0.2, 0.25) is 0 Å². The molecule has 0 saturated carbocycles. The summed E-state index contributed by atoms with van der Waals surface area (Å²) in [4.78, 5) is 27.9. The van der Waals surface area contributed by atoms with Crippen LogP contribution in [0.1, 0.15) is 116 Å². The zero-order valence-corrected chi connectivity index (χ0v) is 27.9. The molecule has 2 nitrogen and oxygen atoms in total. The molecule has 0 aliphatic rings. The first-order chi connectivity index (χ1) is 17.4. The molecule has 3 aromatic carbocycles. The molecule has 0 heterocycles. The summed E-state index contributed by atoms with van der Waals surface area (Å²) >= 11 is 0. The van der Waals surface area contributed by atoms with Crippen LogP contribution in [0.3, 0.4) is 0 Å². The summed E-state index contributed by atoms with van der Waals surface area (Å²) in [7, 11) is -5.08. The molecule has 0 fully saturated rings. The molecule has 2 N–H and O–H groups in total. The molecule has 0 amide bonds. The average molecular weight is 549 g/mol. The van der Waals surface area contributed by atoms with Gasteiger partial charge in [-0.15, -0.1) is 0 Å². The fourth-order valence-corrected chi connectivity index (χ4v) is 10.7. The third kappa shape index (κ3) is 5.63. The van der Waals surface area contributed by atoms with Crippen molar-refractivity contribution in [3.8, 4) is 0 Å². The molecule has 0 saturated heterocycles. The minimum atomic E-state index is -5.08. The van der Waals surface area contributed by atoms with E-state index in [2.05, 4.69) is 121 Å². The molecule has 0 atom stereocenters. The summed E-state index contributed by atoms with van der Waals surface area (Å²) in [6.45, 7) is 30.5. The predicted octanol–water partition coefficient (Wildman–Crippen LogP) is 8.14. The first-order valence-electron chi connectivity index (χ1n) is 14.3. The molecule has 0 aliphatic carbocycles. The Kier molecular flexibility index (Phi) is 7.72. The van der Waals surface area contributed by atoms with Crippen molar-refractivity contribution < 1.29 is 9.79 Å². The van der Waals surface area contributed by atoms with Crippen LogP contribution in [0.25, 0.3) is 0 Å². The SMILES string of the molecule is Cc1cc(C(C)(C)C)c(P(O)(O)(c2ccccc2)c2c(C(C)(C)C)cc(C)cc2C(C)(C)C)c(C(C)(C)C)c1. The van der Waals surface area contributed by atoms with E-state index in [4.69, 9.17) is 0 Å². The molecule has 3 heteroatoms. The Morgan fingerprint density at radius 3 is 0.949 bits per heavy atom. The summed E-state index contributed by atoms with van der Waals surface area (Å²) in [6.07, 6.45) is 0. The molecule has 214 valence electrons. The Labute approximate surface area is 239 Å². The molecule has 0 aromatic heterocycles. The van der Waals surface area contributed by atoms with Gasteiger partial charge in [-0.05, 0) is 0 Å². The van der Waals surface area contributed by atoms with E-state index < -0.39 is 7.06 Å². The van der Waals surface area contributed by atoms with E-state index in [9.17, 15) is 9.79 Å². The minimum absolute atomic E-state index is 0.320. The second kappa shape index (κ2) is 9.54. The third-order valence-electron chi connectivity index (χ3n) is 7.83. The van der Waals surface area contributed by atoms with Gasteiger partial charge in [0.15, 0.2) is 0 Å². The van der Waals surface area contributed by atoms with Crippen molar-refractivity contribution in [2.75, 3.05) is 0 Å². The molecule has 3 aromatic rings. The normalized spacial score (nSPS) is 14.7. The van der Waals surface area contributed by atoms with Crippen LogP contribution in [-0.4, -0.2) is 9.79 Å². The first-order valence-corrected chi connectivity index (χ1v) is 16.4. The molecule has 0 spiro atoms. The Morgan fingerprint density at radius 1 is 0.462 bits per heavy atom. The van der Waals surface area contributed by atoms with Gasteiger partial charge < -0.3 is 0 Å². The van der Waals surface area contributed by atoms with E-state index >= 15 is 0 Å². The van der Waals surface area contributed by atoms with E-state index in [1.54, 1.807) is 0 Å². The monoisotopic (exact) mass is 548 g/mol. The van der Waals surface area contributed by atoms with Gasteiger partial charge in [-0.3, -0.25) is 0 Å². The van der Waals surface area contributed by atoms with E-state index in [0.29, 0.717) is 15.9 Å². The van der Waals surface area contributed by atoms with Gasteiger partial charge in [0.05, 0.1) is 0 Å². The van der Waals surface area contributed by atoms with Gasteiger partial charge in [0.1, 0.15) is 0 Å².